The normalized spacial score (nSPS) is 12.7. The largest absolute Gasteiger partial charge is 2.00 e. The molecule has 43 heavy (non-hydrogen) atoms. The number of nitrogens with zero attached hydrogens (tertiary/aromatic N) is 4. The molecule has 0 aliphatic carbocycles. The molecule has 1 radical (unpaired) electrons. The second-order valence-corrected chi connectivity index (χ2v) is 13.3. The molecule has 0 amide bonds. The molecule has 4 rings (SSSR count). The third kappa shape index (κ3) is 8.63. The maximum atomic E-state index is 11.1. The average Bonchev–Trinajstić information content (AvgIpc) is 3.05. The van der Waals surface area contributed by atoms with Gasteiger partial charge in [0.1, 0.15) is 41.5 Å². The van der Waals surface area contributed by atoms with Crippen molar-refractivity contribution in [2.24, 2.45) is 20.4 Å². The number of aldehydes is 1. The predicted molar refractivity (Wildman–Crippen MR) is 183 cm³/mol. The van der Waals surface area contributed by atoms with Crippen LogP contribution in [0.1, 0.15) is 22.8 Å². The minimum atomic E-state index is -2.15. The Hall–Kier alpha value is -3.78. The van der Waals surface area contributed by atoms with Crippen molar-refractivity contribution in [1.29, 1.82) is 0 Å². The van der Waals surface area contributed by atoms with Gasteiger partial charge in [0.05, 0.1) is 5.71 Å². The van der Waals surface area contributed by atoms with E-state index in [0.29, 0.717) is 28.8 Å². The molecule has 0 heterocycles. The summed E-state index contributed by atoms with van der Waals surface area (Å²) in [6, 6.07) is 38.5. The molecule has 0 unspecified atom stereocenters. The molecule has 221 valence electrons. The topological polar surface area (TPSA) is 90.6 Å². The number of carbonyl (C=O) groups excluding carboxylic acids is 1. The van der Waals surface area contributed by atoms with E-state index in [4.69, 9.17) is 25.3 Å². The van der Waals surface area contributed by atoms with Crippen molar-refractivity contribution >= 4 is 76.5 Å². The van der Waals surface area contributed by atoms with E-state index in [0.717, 1.165) is 6.29 Å². The van der Waals surface area contributed by atoms with Gasteiger partial charge in [-0.3, -0.25) is 4.79 Å². The van der Waals surface area contributed by atoms with E-state index in [1.165, 1.54) is 15.9 Å². The zero-order chi connectivity index (χ0) is 29.8. The number of benzene rings is 4. The summed E-state index contributed by atoms with van der Waals surface area (Å²) in [6.45, 7) is 1.77. The molecule has 0 atom stereocenters. The Kier molecular flexibility index (Phi) is 13.1. The van der Waals surface area contributed by atoms with Gasteiger partial charge in [-0.15, -0.1) is 5.10 Å². The van der Waals surface area contributed by atoms with Crippen molar-refractivity contribution in [2.75, 3.05) is 13.3 Å². The molecule has 4 aromatic rings. The van der Waals surface area contributed by atoms with Crippen LogP contribution in [0.4, 0.5) is 0 Å². The number of hydrogen-bond donors (Lipinski definition) is 2. The van der Waals surface area contributed by atoms with Crippen molar-refractivity contribution < 1.29 is 21.9 Å². The van der Waals surface area contributed by atoms with E-state index in [-0.39, 0.29) is 27.4 Å². The van der Waals surface area contributed by atoms with Gasteiger partial charge < -0.3 is 35.9 Å². The van der Waals surface area contributed by atoms with Crippen LogP contribution in [0.3, 0.4) is 0 Å². The van der Waals surface area contributed by atoms with Crippen LogP contribution in [0.2, 0.25) is 0 Å². The quantitative estimate of drug-likeness (QED) is 0.0503. The molecule has 0 fully saturated rings. The molecule has 0 bridgehead atoms. The average molecular weight is 673 g/mol. The van der Waals surface area contributed by atoms with E-state index >= 15 is 0 Å². The van der Waals surface area contributed by atoms with E-state index in [1.54, 1.807) is 38.2 Å². The molecule has 0 aliphatic rings. The molecule has 0 aliphatic heterocycles. The summed E-state index contributed by atoms with van der Waals surface area (Å²) >= 11 is 10.8. The van der Waals surface area contributed by atoms with Gasteiger partial charge in [-0.25, -0.2) is 0 Å². The molecule has 0 aromatic heterocycles. The minimum Gasteiger partial charge on any atom is -0.741 e. The zero-order valence-corrected chi connectivity index (χ0v) is 27.0. The number of nitrogens with one attached hydrogen (secondary N) is 2. The first kappa shape index (κ1) is 33.7. The van der Waals surface area contributed by atoms with Crippen LogP contribution >= 0.6 is 7.26 Å². The van der Waals surface area contributed by atoms with Crippen molar-refractivity contribution in [1.82, 2.24) is 10.6 Å². The molecular formula is C32H30CuN6OPS2+. The molecule has 11 heteroatoms. The Balaban J connectivity index is 0.00000506. The SMILES string of the molecule is CN/C([S-])=N/N=C(/C(C)=N/N=C(\[S-])NC[P+](c1ccccc1)(c1ccccc1)c1ccccc1)c1ccc(C=O)cc1.[Cu+2]. The smallest absolute Gasteiger partial charge is 0.741 e. The van der Waals surface area contributed by atoms with Crippen molar-refractivity contribution in [2.45, 2.75) is 6.92 Å². The number of hydrogen-bond acceptors (Lipinski definition) is 7. The Morgan fingerprint density at radius 1 is 0.698 bits per heavy atom. The zero-order valence-electron chi connectivity index (χ0n) is 23.5. The van der Waals surface area contributed by atoms with Gasteiger partial charge in [0, 0.05) is 23.3 Å². The van der Waals surface area contributed by atoms with E-state index < -0.39 is 7.26 Å². The van der Waals surface area contributed by atoms with E-state index in [9.17, 15) is 4.79 Å². The van der Waals surface area contributed by atoms with Crippen LogP contribution in [0.5, 0.6) is 0 Å². The molecule has 0 saturated heterocycles. The van der Waals surface area contributed by atoms with Crippen molar-refractivity contribution in [3.05, 3.63) is 126 Å². The number of carbonyl (C=O) groups is 1. The fourth-order valence-electron chi connectivity index (χ4n) is 4.36. The molecule has 0 saturated carbocycles. The molecular weight excluding hydrogens is 643 g/mol. The summed E-state index contributed by atoms with van der Waals surface area (Å²) in [4.78, 5) is 11.1. The molecule has 2 N–H and O–H groups in total. The molecule has 0 spiro atoms. The fourth-order valence-corrected chi connectivity index (χ4v) is 8.49. The second kappa shape index (κ2) is 16.8. The van der Waals surface area contributed by atoms with E-state index in [2.05, 4.69) is 104 Å². The van der Waals surface area contributed by atoms with Crippen LogP contribution < -0.4 is 26.5 Å². The summed E-state index contributed by atoms with van der Waals surface area (Å²) in [5, 5.41) is 27.4. The maximum Gasteiger partial charge on any atom is 2.00 e. The van der Waals surface area contributed by atoms with Gasteiger partial charge in [-0.2, -0.15) is 15.3 Å². The molecule has 4 aromatic carbocycles. The first-order valence-corrected chi connectivity index (χ1v) is 15.9. The predicted octanol–water partition coefficient (Wildman–Crippen LogP) is 4.14. The summed E-state index contributed by atoms with van der Waals surface area (Å²) in [5.74, 6) is 0. The van der Waals surface area contributed by atoms with Gasteiger partial charge >= 0.3 is 17.1 Å². The maximum absolute atomic E-state index is 11.1. The summed E-state index contributed by atoms with van der Waals surface area (Å²) < 4.78 is 0. The summed E-state index contributed by atoms with van der Waals surface area (Å²) in [7, 11) is -0.480. The second-order valence-electron chi connectivity index (χ2n) is 9.09. The third-order valence-corrected chi connectivity index (χ3v) is 11.2. The van der Waals surface area contributed by atoms with Gasteiger partial charge in [-0.1, -0.05) is 78.9 Å². The van der Waals surface area contributed by atoms with Gasteiger partial charge in [0.2, 0.25) is 0 Å². The summed E-state index contributed by atoms with van der Waals surface area (Å²) in [6.07, 6.45) is 1.34. The Morgan fingerprint density at radius 3 is 1.60 bits per heavy atom. The number of rotatable bonds is 10. The fraction of sp³-hybridized carbons (Fsp3) is 0.0938. The minimum absolute atomic E-state index is 0. The van der Waals surface area contributed by atoms with Gasteiger partial charge in [-0.05, 0) is 48.5 Å². The Bertz CT molecular complexity index is 1500. The van der Waals surface area contributed by atoms with Gasteiger partial charge in [0.25, 0.3) is 0 Å². The van der Waals surface area contributed by atoms with Crippen molar-refractivity contribution in [3.63, 3.8) is 0 Å². The van der Waals surface area contributed by atoms with Crippen molar-refractivity contribution in [3.8, 4) is 0 Å². The first-order chi connectivity index (χ1) is 20.5. The van der Waals surface area contributed by atoms with Crippen LogP contribution in [0.25, 0.3) is 0 Å². The Labute approximate surface area is 274 Å². The van der Waals surface area contributed by atoms with Crippen LogP contribution in [-0.2, 0) is 42.3 Å². The molecule has 7 nitrogen and oxygen atoms in total. The van der Waals surface area contributed by atoms with Gasteiger partial charge in [0.15, 0.2) is 0 Å². The summed E-state index contributed by atoms with van der Waals surface area (Å²) in [5.41, 5.74) is 2.19. The Morgan fingerprint density at radius 2 is 1.16 bits per heavy atom. The number of amidine groups is 2. The standard InChI is InChI=1S/C32H31N6OPS2.Cu/c1-24(30(36-37-31(41)33-2)26-20-18-25(22-39)19-21-26)35-38-32(42)34-23-40(27-12-6-3-7-13-27,28-14-8-4-9-15-28)29-16-10-5-11-17-29;/h3-22H,23H2,1-2H3,(H3-,33,34,35,36,37,38,39,41,42);/q;+2/p-1. The van der Waals surface area contributed by atoms with Crippen LogP contribution in [-0.4, -0.2) is 41.4 Å². The third-order valence-electron chi connectivity index (χ3n) is 6.47. The first-order valence-electron chi connectivity index (χ1n) is 13.1. The van der Waals surface area contributed by atoms with Crippen LogP contribution in [0, 0.1) is 0 Å². The van der Waals surface area contributed by atoms with Crippen LogP contribution in [0.15, 0.2) is 136 Å². The van der Waals surface area contributed by atoms with E-state index in [1.807, 2.05) is 18.2 Å². The monoisotopic (exact) mass is 672 g/mol.